The summed E-state index contributed by atoms with van der Waals surface area (Å²) in [5.41, 5.74) is 2.79. The standard InChI is InChI=1S/C14H11ClF2N2/c15-12-2-1-10(11-7-18-4-3-9(11)12)14-13(17)5-8(16)6-19-14/h1-2,5-6,18H,3-4,7H2. The third-order valence-corrected chi connectivity index (χ3v) is 3.64. The van der Waals surface area contributed by atoms with Crippen LogP contribution in [0.15, 0.2) is 24.4 Å². The predicted octanol–water partition coefficient (Wildman–Crippen LogP) is 3.33. The van der Waals surface area contributed by atoms with Gasteiger partial charge in [-0.05, 0) is 30.2 Å². The zero-order chi connectivity index (χ0) is 13.4. The minimum Gasteiger partial charge on any atom is -0.312 e. The van der Waals surface area contributed by atoms with Gasteiger partial charge >= 0.3 is 0 Å². The Balaban J connectivity index is 2.20. The Morgan fingerprint density at radius 3 is 2.84 bits per heavy atom. The van der Waals surface area contributed by atoms with Gasteiger partial charge in [-0.25, -0.2) is 8.78 Å². The average Bonchev–Trinajstić information content (AvgIpc) is 2.41. The average molecular weight is 281 g/mol. The van der Waals surface area contributed by atoms with Crippen LogP contribution in [0.25, 0.3) is 11.3 Å². The predicted molar refractivity (Wildman–Crippen MR) is 70.0 cm³/mol. The Morgan fingerprint density at radius 2 is 2.05 bits per heavy atom. The largest absolute Gasteiger partial charge is 0.312 e. The molecule has 0 saturated heterocycles. The van der Waals surface area contributed by atoms with Crippen LogP contribution >= 0.6 is 11.6 Å². The molecular formula is C14H11ClF2N2. The molecule has 0 aliphatic carbocycles. The molecule has 0 radical (unpaired) electrons. The maximum absolute atomic E-state index is 13.9. The Labute approximate surface area is 114 Å². The van der Waals surface area contributed by atoms with E-state index in [1.54, 1.807) is 12.1 Å². The Hall–Kier alpha value is -1.52. The van der Waals surface area contributed by atoms with E-state index in [-0.39, 0.29) is 5.69 Å². The van der Waals surface area contributed by atoms with E-state index in [1.165, 1.54) is 0 Å². The van der Waals surface area contributed by atoms with Crippen LogP contribution in [0, 0.1) is 11.6 Å². The number of fused-ring (bicyclic) bond motifs is 1. The van der Waals surface area contributed by atoms with Crippen molar-refractivity contribution in [2.75, 3.05) is 6.54 Å². The number of nitrogens with one attached hydrogen (secondary N) is 1. The van der Waals surface area contributed by atoms with Gasteiger partial charge in [-0.15, -0.1) is 0 Å². The summed E-state index contributed by atoms with van der Waals surface area (Å²) in [5, 5.41) is 3.91. The molecule has 2 heterocycles. The maximum Gasteiger partial charge on any atom is 0.152 e. The summed E-state index contributed by atoms with van der Waals surface area (Å²) in [6.45, 7) is 1.46. The Morgan fingerprint density at radius 1 is 1.21 bits per heavy atom. The maximum atomic E-state index is 13.9. The van der Waals surface area contributed by atoms with Gasteiger partial charge in [0.25, 0.3) is 0 Å². The van der Waals surface area contributed by atoms with E-state index in [4.69, 9.17) is 11.6 Å². The zero-order valence-corrected chi connectivity index (χ0v) is 10.8. The lowest BCUT2D eigenvalue weighted by atomic mass is 9.94. The van der Waals surface area contributed by atoms with Crippen LogP contribution in [0.5, 0.6) is 0 Å². The molecule has 0 atom stereocenters. The molecule has 0 unspecified atom stereocenters. The van der Waals surface area contributed by atoms with Crippen molar-refractivity contribution < 1.29 is 8.78 Å². The van der Waals surface area contributed by atoms with E-state index in [0.717, 1.165) is 36.4 Å². The molecule has 98 valence electrons. The van der Waals surface area contributed by atoms with E-state index in [9.17, 15) is 8.78 Å². The molecule has 1 N–H and O–H groups in total. The fourth-order valence-electron chi connectivity index (χ4n) is 2.40. The molecule has 0 saturated carbocycles. The lowest BCUT2D eigenvalue weighted by Gasteiger charge is -2.21. The molecular weight excluding hydrogens is 270 g/mol. The quantitative estimate of drug-likeness (QED) is 0.867. The summed E-state index contributed by atoms with van der Waals surface area (Å²) in [6, 6.07) is 4.32. The summed E-state index contributed by atoms with van der Waals surface area (Å²) in [4.78, 5) is 3.86. The van der Waals surface area contributed by atoms with Gasteiger partial charge in [0.1, 0.15) is 11.5 Å². The zero-order valence-electron chi connectivity index (χ0n) is 10.0. The molecule has 3 rings (SSSR count). The van der Waals surface area contributed by atoms with Crippen LogP contribution in [0.2, 0.25) is 5.02 Å². The minimum absolute atomic E-state index is 0.165. The van der Waals surface area contributed by atoms with E-state index < -0.39 is 11.6 Å². The van der Waals surface area contributed by atoms with Gasteiger partial charge in [0, 0.05) is 23.2 Å². The van der Waals surface area contributed by atoms with Gasteiger partial charge in [0.15, 0.2) is 5.82 Å². The highest BCUT2D eigenvalue weighted by Gasteiger charge is 2.19. The topological polar surface area (TPSA) is 24.9 Å². The molecule has 0 fully saturated rings. The third-order valence-electron chi connectivity index (χ3n) is 3.29. The smallest absolute Gasteiger partial charge is 0.152 e. The number of pyridine rings is 1. The Bertz CT molecular complexity index is 644. The minimum atomic E-state index is -0.679. The van der Waals surface area contributed by atoms with Crippen molar-refractivity contribution in [2.45, 2.75) is 13.0 Å². The number of aromatic nitrogens is 1. The molecule has 5 heteroatoms. The number of rotatable bonds is 1. The summed E-state index contributed by atoms with van der Waals surface area (Å²) in [6.07, 6.45) is 1.82. The van der Waals surface area contributed by atoms with Crippen LogP contribution in [0.3, 0.4) is 0 Å². The van der Waals surface area contributed by atoms with Gasteiger partial charge in [-0.1, -0.05) is 17.7 Å². The highest BCUT2D eigenvalue weighted by molar-refractivity contribution is 6.31. The first kappa shape index (κ1) is 12.5. The number of halogens is 3. The van der Waals surface area contributed by atoms with Gasteiger partial charge in [-0.3, -0.25) is 4.98 Å². The van der Waals surface area contributed by atoms with Crippen LogP contribution in [-0.2, 0) is 13.0 Å². The summed E-state index contributed by atoms with van der Waals surface area (Å²) in [5.74, 6) is -1.34. The molecule has 1 aromatic carbocycles. The summed E-state index contributed by atoms with van der Waals surface area (Å²) < 4.78 is 26.8. The summed E-state index contributed by atoms with van der Waals surface area (Å²) in [7, 11) is 0. The summed E-state index contributed by atoms with van der Waals surface area (Å²) >= 11 is 6.16. The second kappa shape index (κ2) is 4.87. The normalized spacial score (nSPS) is 14.3. The van der Waals surface area contributed by atoms with Crippen LogP contribution in [-0.4, -0.2) is 11.5 Å². The second-order valence-corrected chi connectivity index (χ2v) is 4.87. The van der Waals surface area contributed by atoms with Crippen molar-refractivity contribution in [2.24, 2.45) is 0 Å². The van der Waals surface area contributed by atoms with E-state index in [0.29, 0.717) is 17.1 Å². The molecule has 2 aromatic rings. The van der Waals surface area contributed by atoms with Gasteiger partial charge in [-0.2, -0.15) is 0 Å². The lowest BCUT2D eigenvalue weighted by Crippen LogP contribution is -2.24. The van der Waals surface area contributed by atoms with Crippen molar-refractivity contribution in [3.8, 4) is 11.3 Å². The molecule has 19 heavy (non-hydrogen) atoms. The van der Waals surface area contributed by atoms with Crippen LogP contribution < -0.4 is 5.32 Å². The molecule has 0 spiro atoms. The number of hydrogen-bond donors (Lipinski definition) is 1. The number of hydrogen-bond acceptors (Lipinski definition) is 2. The second-order valence-electron chi connectivity index (χ2n) is 4.46. The van der Waals surface area contributed by atoms with Crippen molar-refractivity contribution in [3.05, 3.63) is 52.2 Å². The highest BCUT2D eigenvalue weighted by Crippen LogP contribution is 2.33. The van der Waals surface area contributed by atoms with Crippen LogP contribution in [0.4, 0.5) is 8.78 Å². The van der Waals surface area contributed by atoms with E-state index in [1.807, 2.05) is 0 Å². The van der Waals surface area contributed by atoms with Gasteiger partial charge in [0.2, 0.25) is 0 Å². The first-order valence-corrected chi connectivity index (χ1v) is 6.37. The lowest BCUT2D eigenvalue weighted by molar-refractivity contribution is 0.575. The molecule has 0 bridgehead atoms. The van der Waals surface area contributed by atoms with Crippen molar-refractivity contribution >= 4 is 11.6 Å². The fraction of sp³-hybridized carbons (Fsp3) is 0.214. The fourth-order valence-corrected chi connectivity index (χ4v) is 2.67. The number of benzene rings is 1. The molecule has 1 aliphatic rings. The monoisotopic (exact) mass is 280 g/mol. The highest BCUT2D eigenvalue weighted by atomic mass is 35.5. The Kier molecular flexibility index (Phi) is 3.21. The van der Waals surface area contributed by atoms with Crippen molar-refractivity contribution in [3.63, 3.8) is 0 Å². The molecule has 1 aromatic heterocycles. The van der Waals surface area contributed by atoms with E-state index >= 15 is 0 Å². The molecule has 2 nitrogen and oxygen atoms in total. The van der Waals surface area contributed by atoms with Crippen molar-refractivity contribution in [1.29, 1.82) is 0 Å². The molecule has 0 amide bonds. The first-order valence-electron chi connectivity index (χ1n) is 5.99. The first-order chi connectivity index (χ1) is 9.16. The SMILES string of the molecule is Fc1cnc(-c2ccc(Cl)c3c2CNCC3)c(F)c1. The van der Waals surface area contributed by atoms with Crippen molar-refractivity contribution in [1.82, 2.24) is 10.3 Å². The number of nitrogens with zero attached hydrogens (tertiary/aromatic N) is 1. The third kappa shape index (κ3) is 2.22. The van der Waals surface area contributed by atoms with Gasteiger partial charge < -0.3 is 5.32 Å². The van der Waals surface area contributed by atoms with Gasteiger partial charge in [0.05, 0.1) is 6.20 Å². The molecule has 1 aliphatic heterocycles. The van der Waals surface area contributed by atoms with Crippen LogP contribution in [0.1, 0.15) is 11.1 Å². The van der Waals surface area contributed by atoms with E-state index in [2.05, 4.69) is 10.3 Å².